The van der Waals surface area contributed by atoms with E-state index in [4.69, 9.17) is 21.2 Å². The van der Waals surface area contributed by atoms with E-state index in [0.29, 0.717) is 45.8 Å². The van der Waals surface area contributed by atoms with Gasteiger partial charge in [0.05, 0.1) is 38.7 Å². The predicted molar refractivity (Wildman–Crippen MR) is 195 cm³/mol. The van der Waals surface area contributed by atoms with Crippen LogP contribution < -0.4 is 20.7 Å². The maximum absolute atomic E-state index is 13.3. The van der Waals surface area contributed by atoms with Crippen molar-refractivity contribution in [3.63, 3.8) is 0 Å². The van der Waals surface area contributed by atoms with Crippen molar-refractivity contribution in [2.45, 2.75) is 22.6 Å². The van der Waals surface area contributed by atoms with Crippen molar-refractivity contribution in [3.8, 4) is 12.1 Å². The van der Waals surface area contributed by atoms with Crippen molar-refractivity contribution in [1.29, 1.82) is 10.5 Å². The Balaban J connectivity index is 0.000000146. The summed E-state index contributed by atoms with van der Waals surface area (Å²) in [4.78, 5) is 28.4. The van der Waals surface area contributed by atoms with Crippen LogP contribution in [0.3, 0.4) is 0 Å². The first-order valence-electron chi connectivity index (χ1n) is 15.4. The van der Waals surface area contributed by atoms with Gasteiger partial charge in [0.15, 0.2) is 0 Å². The maximum Gasteiger partial charge on any atom is 0.264 e. The van der Waals surface area contributed by atoms with E-state index >= 15 is 0 Å². The molecule has 2 aromatic heterocycles. The molecule has 0 atom stereocenters. The quantitative estimate of drug-likeness (QED) is 0.206. The van der Waals surface area contributed by atoms with Gasteiger partial charge in [-0.15, -0.1) is 0 Å². The number of aromatic nitrogens is 2. The molecule has 0 amide bonds. The zero-order valence-corrected chi connectivity index (χ0v) is 28.9. The van der Waals surface area contributed by atoms with Crippen LogP contribution in [-0.4, -0.2) is 39.9 Å². The third kappa shape index (κ3) is 7.07. The highest BCUT2D eigenvalue weighted by atomic mass is 35.7. The first-order chi connectivity index (χ1) is 24.4. The number of nitrogens with one attached hydrogen (secondary N) is 3. The van der Waals surface area contributed by atoms with Gasteiger partial charge in [-0.25, -0.2) is 16.8 Å². The standard InChI is InChI=1S/C18H13N3O3S.C9H6ClNO3S.C9H8N2/c19-11-12-4-5-13-7-9-21(16(13)10-12)25(23,24)17-3-1-2-15-14(17)6-8-20-18(15)22;10-15(13,14)8-3-1-2-7-6(8)4-5-11-9(7)12;10-6-7-1-2-8-3-4-11-9(8)5-7/h1-6,8,10H,7,9H2,(H,20,22);1-5H,(H,11,12);1-2,5,11H,3-4H2. The number of H-pyrrole nitrogens is 2. The first-order valence-corrected chi connectivity index (χ1v) is 19.2. The summed E-state index contributed by atoms with van der Waals surface area (Å²) in [5.74, 6) is 0. The molecular formula is C36H27ClN6O6S2. The molecule has 6 aromatic rings. The Morgan fingerprint density at radius 3 is 1.84 bits per heavy atom. The summed E-state index contributed by atoms with van der Waals surface area (Å²) in [6.45, 7) is 1.32. The van der Waals surface area contributed by atoms with E-state index < -0.39 is 19.1 Å². The summed E-state index contributed by atoms with van der Waals surface area (Å²) in [7, 11) is -2.43. The smallest absolute Gasteiger partial charge is 0.264 e. The molecule has 0 aliphatic carbocycles. The molecular weight excluding hydrogens is 712 g/mol. The number of pyridine rings is 2. The summed E-state index contributed by atoms with van der Waals surface area (Å²) in [6.07, 6.45) is 4.50. The molecule has 3 N–H and O–H groups in total. The Morgan fingerprint density at radius 1 is 0.667 bits per heavy atom. The molecule has 8 rings (SSSR count). The van der Waals surface area contributed by atoms with Gasteiger partial charge in [-0.2, -0.15) is 10.5 Å². The summed E-state index contributed by atoms with van der Waals surface area (Å²) < 4.78 is 50.2. The molecule has 12 nitrogen and oxygen atoms in total. The van der Waals surface area contributed by atoms with Crippen LogP contribution in [0.25, 0.3) is 21.5 Å². The molecule has 0 unspecified atom stereocenters. The van der Waals surface area contributed by atoms with Crippen molar-refractivity contribution >= 4 is 62.7 Å². The molecule has 2 aliphatic rings. The Bertz CT molecular complexity index is 2770. The molecule has 4 aromatic carbocycles. The number of sulfonamides is 1. The minimum Gasteiger partial charge on any atom is -0.384 e. The number of fused-ring (bicyclic) bond motifs is 4. The van der Waals surface area contributed by atoms with E-state index in [9.17, 15) is 26.4 Å². The largest absolute Gasteiger partial charge is 0.384 e. The van der Waals surface area contributed by atoms with E-state index in [1.165, 1.54) is 46.5 Å². The molecule has 0 spiro atoms. The molecule has 51 heavy (non-hydrogen) atoms. The number of hydrogen-bond acceptors (Lipinski definition) is 9. The van der Waals surface area contributed by atoms with Gasteiger partial charge in [-0.3, -0.25) is 13.9 Å². The highest BCUT2D eigenvalue weighted by molar-refractivity contribution is 8.14. The van der Waals surface area contributed by atoms with Gasteiger partial charge >= 0.3 is 0 Å². The van der Waals surface area contributed by atoms with Gasteiger partial charge in [0.2, 0.25) is 0 Å². The third-order valence-corrected chi connectivity index (χ3v) is 11.6. The molecule has 256 valence electrons. The van der Waals surface area contributed by atoms with Crippen LogP contribution in [0.15, 0.2) is 117 Å². The van der Waals surface area contributed by atoms with Crippen molar-refractivity contribution in [2.24, 2.45) is 0 Å². The minimum absolute atomic E-state index is 0.0484. The highest BCUT2D eigenvalue weighted by Crippen LogP contribution is 2.35. The van der Waals surface area contributed by atoms with E-state index in [2.05, 4.69) is 21.4 Å². The monoisotopic (exact) mass is 738 g/mol. The molecule has 4 heterocycles. The average Bonchev–Trinajstić information content (AvgIpc) is 3.79. The van der Waals surface area contributed by atoms with Crippen LogP contribution in [0, 0.1) is 22.7 Å². The number of benzene rings is 4. The summed E-state index contributed by atoms with van der Waals surface area (Å²) >= 11 is 0. The fraction of sp³-hybridized carbons (Fsp3) is 0.111. The second kappa shape index (κ2) is 14.1. The SMILES string of the molecule is N#Cc1ccc2c(c1)N(S(=O)(=O)c1cccc3c(=O)[nH]ccc13)CC2.N#Cc1ccc2c(c1)NCC2.O=c1[nH]ccc2c(S(=O)(=O)Cl)cccc12. The fourth-order valence-corrected chi connectivity index (χ4v) is 8.76. The van der Waals surface area contributed by atoms with E-state index in [1.54, 1.807) is 42.5 Å². The lowest BCUT2D eigenvalue weighted by atomic mass is 10.1. The molecule has 2 aliphatic heterocycles. The number of anilines is 2. The van der Waals surface area contributed by atoms with Crippen LogP contribution >= 0.6 is 10.7 Å². The number of aromatic amines is 2. The Morgan fingerprint density at radius 2 is 1.24 bits per heavy atom. The van der Waals surface area contributed by atoms with Crippen LogP contribution in [0.4, 0.5) is 11.4 Å². The number of halogens is 1. The van der Waals surface area contributed by atoms with Gasteiger partial charge in [0.25, 0.3) is 30.2 Å². The lowest BCUT2D eigenvalue weighted by Gasteiger charge is -2.20. The second-order valence-electron chi connectivity index (χ2n) is 11.4. The van der Waals surface area contributed by atoms with Crippen molar-refractivity contribution in [1.82, 2.24) is 9.97 Å². The lowest BCUT2D eigenvalue weighted by Crippen LogP contribution is -2.29. The molecule has 0 fully saturated rings. The zero-order chi connectivity index (χ0) is 36.3. The summed E-state index contributed by atoms with van der Waals surface area (Å²) in [6, 6.07) is 27.2. The van der Waals surface area contributed by atoms with Crippen LogP contribution in [0.1, 0.15) is 22.3 Å². The van der Waals surface area contributed by atoms with Crippen LogP contribution in [0.2, 0.25) is 0 Å². The zero-order valence-electron chi connectivity index (χ0n) is 26.6. The van der Waals surface area contributed by atoms with Crippen LogP contribution in [-0.2, 0) is 31.9 Å². The normalized spacial score (nSPS) is 13.0. The number of nitrogens with zero attached hydrogens (tertiary/aromatic N) is 3. The Labute approximate surface area is 296 Å². The number of rotatable bonds is 3. The van der Waals surface area contributed by atoms with E-state index in [-0.39, 0.29) is 20.9 Å². The number of hydrogen-bond donors (Lipinski definition) is 3. The van der Waals surface area contributed by atoms with Gasteiger partial charge in [0.1, 0.15) is 0 Å². The van der Waals surface area contributed by atoms with Crippen molar-refractivity contribution < 1.29 is 16.8 Å². The summed E-state index contributed by atoms with van der Waals surface area (Å²) in [5, 5.41) is 22.3. The van der Waals surface area contributed by atoms with Gasteiger partial charge < -0.3 is 15.3 Å². The molecule has 0 saturated carbocycles. The molecule has 15 heteroatoms. The van der Waals surface area contributed by atoms with Crippen molar-refractivity contribution in [3.05, 3.63) is 140 Å². The van der Waals surface area contributed by atoms with E-state index in [0.717, 1.165) is 29.8 Å². The lowest BCUT2D eigenvalue weighted by molar-refractivity contribution is 0.593. The van der Waals surface area contributed by atoms with Crippen LogP contribution in [0.5, 0.6) is 0 Å². The summed E-state index contributed by atoms with van der Waals surface area (Å²) in [5.41, 5.74) is 4.35. The second-order valence-corrected chi connectivity index (χ2v) is 15.8. The Kier molecular flexibility index (Phi) is 9.67. The van der Waals surface area contributed by atoms with Gasteiger partial charge in [-0.1, -0.05) is 24.3 Å². The van der Waals surface area contributed by atoms with Gasteiger partial charge in [-0.05, 0) is 84.6 Å². The molecule has 0 saturated heterocycles. The number of nitriles is 2. The fourth-order valence-electron chi connectivity index (χ4n) is 5.97. The minimum atomic E-state index is -3.85. The third-order valence-electron chi connectivity index (χ3n) is 8.40. The molecule has 0 radical (unpaired) electrons. The topological polar surface area (TPSA) is 197 Å². The van der Waals surface area contributed by atoms with Crippen molar-refractivity contribution in [2.75, 3.05) is 22.7 Å². The Hall–Kier alpha value is -5.93. The first kappa shape index (κ1) is 34.9. The predicted octanol–water partition coefficient (Wildman–Crippen LogP) is 5.13. The molecule has 0 bridgehead atoms. The van der Waals surface area contributed by atoms with Gasteiger partial charge in [0, 0.05) is 63.4 Å². The van der Waals surface area contributed by atoms with E-state index in [1.807, 2.05) is 24.3 Å². The average molecular weight is 739 g/mol. The highest BCUT2D eigenvalue weighted by Gasteiger charge is 2.32. The maximum atomic E-state index is 13.3.